The van der Waals surface area contributed by atoms with Crippen LogP contribution in [-0.4, -0.2) is 34.8 Å². The number of hydrogen-bond donors (Lipinski definition) is 0. The summed E-state index contributed by atoms with van der Waals surface area (Å²) in [4.78, 5) is 9.46. The van der Waals surface area contributed by atoms with Crippen LogP contribution in [0.15, 0.2) is 12.7 Å². The third kappa shape index (κ3) is 8.83. The Labute approximate surface area is 63.7 Å². The van der Waals surface area contributed by atoms with E-state index < -0.39 is 5.24 Å². The fraction of sp³-hybridized carbons (Fsp3) is 0. The summed E-state index contributed by atoms with van der Waals surface area (Å²) in [5.41, 5.74) is 0. The van der Waals surface area contributed by atoms with E-state index in [2.05, 4.69) is 6.58 Å². The average molecular weight is 115 g/mol. The summed E-state index contributed by atoms with van der Waals surface area (Å²) in [6.45, 7) is 3.08. The molecule has 0 aliphatic rings. The van der Waals surface area contributed by atoms with Crippen LogP contribution < -0.4 is 0 Å². The molecule has 0 amide bonds. The van der Waals surface area contributed by atoms with Crippen LogP contribution >= 0.6 is 11.6 Å². The van der Waals surface area contributed by atoms with Gasteiger partial charge in [0.15, 0.2) is 0 Å². The van der Waals surface area contributed by atoms with Gasteiger partial charge in [0.25, 0.3) is 0 Å². The molecule has 0 aliphatic carbocycles. The van der Waals surface area contributed by atoms with Gasteiger partial charge >= 0.3 is 29.6 Å². The molecule has 0 aromatic carbocycles. The van der Waals surface area contributed by atoms with Gasteiger partial charge in [0.05, 0.1) is 0 Å². The molecule has 1 nitrogen and oxygen atoms in total. The molecule has 0 saturated carbocycles. The minimum absolute atomic E-state index is 0. The van der Waals surface area contributed by atoms with Crippen molar-refractivity contribution >= 4 is 46.4 Å². The normalized spacial score (nSPS) is 5.50. The van der Waals surface area contributed by atoms with Crippen molar-refractivity contribution in [2.24, 2.45) is 0 Å². The maximum atomic E-state index is 9.46. The maximum absolute atomic E-state index is 9.46. The Morgan fingerprint density at radius 2 is 2.00 bits per heavy atom. The van der Waals surface area contributed by atoms with Gasteiger partial charge in [0.1, 0.15) is 0 Å². The summed E-state index contributed by atoms with van der Waals surface area (Å²) in [6.07, 6.45) is 1.04. The number of rotatable bonds is 1. The van der Waals surface area contributed by atoms with Crippen LogP contribution in [0.5, 0.6) is 0 Å². The minimum atomic E-state index is -0.509. The van der Waals surface area contributed by atoms with Gasteiger partial charge in [-0.05, 0) is 17.7 Å². The molecule has 6 heavy (non-hydrogen) atoms. The summed E-state index contributed by atoms with van der Waals surface area (Å²) in [5.74, 6) is 0. The molecule has 0 spiro atoms. The Hall–Kier alpha value is 0.700. The van der Waals surface area contributed by atoms with Crippen molar-refractivity contribution in [3.63, 3.8) is 0 Å². The van der Waals surface area contributed by atoms with Crippen LogP contribution in [0, 0.1) is 0 Å². The predicted molar refractivity (Wildman–Crippen MR) is 28.2 cm³/mol. The van der Waals surface area contributed by atoms with E-state index in [-0.39, 0.29) is 29.6 Å². The Kier molecular flexibility index (Phi) is 9.36. The molecule has 30 valence electrons. The third-order valence-corrected chi connectivity index (χ3v) is 0.315. The van der Waals surface area contributed by atoms with Crippen molar-refractivity contribution in [1.29, 1.82) is 0 Å². The van der Waals surface area contributed by atoms with E-state index in [0.717, 1.165) is 6.08 Å². The number of halogens is 1. The van der Waals surface area contributed by atoms with Crippen molar-refractivity contribution in [1.82, 2.24) is 0 Å². The molecule has 0 aromatic rings. The Balaban J connectivity index is 0. The molecule has 0 bridgehead atoms. The third-order valence-electron chi connectivity index (χ3n) is 0.160. The van der Waals surface area contributed by atoms with E-state index >= 15 is 0 Å². The first-order valence-corrected chi connectivity index (χ1v) is 1.47. The molecule has 0 aliphatic heterocycles. The Bertz CT molecular complexity index is 61.8. The van der Waals surface area contributed by atoms with Gasteiger partial charge in [0.2, 0.25) is 5.24 Å². The molecule has 0 heterocycles. The summed E-state index contributed by atoms with van der Waals surface area (Å²) < 4.78 is 0. The molecule has 0 unspecified atom stereocenters. The van der Waals surface area contributed by atoms with Gasteiger partial charge in [-0.25, -0.2) is 0 Å². The van der Waals surface area contributed by atoms with Gasteiger partial charge < -0.3 is 0 Å². The molecular formula is C3H4ClNaO. The number of carbonyl (C=O) groups is 1. The van der Waals surface area contributed by atoms with E-state index in [1.54, 1.807) is 0 Å². The molecule has 0 saturated heterocycles. The zero-order chi connectivity index (χ0) is 4.28. The average Bonchev–Trinajstić information content (AvgIpc) is 1.38. The van der Waals surface area contributed by atoms with Gasteiger partial charge in [0, 0.05) is 0 Å². The van der Waals surface area contributed by atoms with E-state index in [9.17, 15) is 4.79 Å². The fourth-order valence-corrected chi connectivity index (χ4v) is 0. The number of allylic oxidation sites excluding steroid dienone is 1. The SMILES string of the molecule is C=CC(=O)Cl.[NaH]. The second-order valence-electron chi connectivity index (χ2n) is 0.508. The number of carbonyl (C=O) groups excluding carboxylic acids is 1. The number of hydrogen-bond acceptors (Lipinski definition) is 1. The zero-order valence-electron chi connectivity index (χ0n) is 2.57. The fourth-order valence-electron chi connectivity index (χ4n) is 0. The van der Waals surface area contributed by atoms with E-state index in [1.165, 1.54) is 0 Å². The van der Waals surface area contributed by atoms with Crippen LogP contribution in [-0.2, 0) is 4.79 Å². The molecule has 0 aromatic heterocycles. The molecular weight excluding hydrogens is 110 g/mol. The second kappa shape index (κ2) is 5.70. The van der Waals surface area contributed by atoms with Crippen molar-refractivity contribution in [2.45, 2.75) is 0 Å². The molecule has 0 rings (SSSR count). The molecule has 0 fully saturated rings. The summed E-state index contributed by atoms with van der Waals surface area (Å²) in [6, 6.07) is 0. The summed E-state index contributed by atoms with van der Waals surface area (Å²) in [7, 11) is 0. The van der Waals surface area contributed by atoms with Crippen molar-refractivity contribution < 1.29 is 4.79 Å². The molecule has 0 N–H and O–H groups in total. The van der Waals surface area contributed by atoms with Gasteiger partial charge in [-0.1, -0.05) is 6.58 Å². The first kappa shape index (κ1) is 9.85. The second-order valence-corrected chi connectivity index (χ2v) is 0.881. The Morgan fingerprint density at radius 1 is 1.83 bits per heavy atom. The van der Waals surface area contributed by atoms with Crippen molar-refractivity contribution in [3.05, 3.63) is 12.7 Å². The first-order valence-electron chi connectivity index (χ1n) is 1.09. The molecule has 0 atom stereocenters. The van der Waals surface area contributed by atoms with Crippen molar-refractivity contribution in [2.75, 3.05) is 0 Å². The van der Waals surface area contributed by atoms with E-state index in [0.29, 0.717) is 0 Å². The summed E-state index contributed by atoms with van der Waals surface area (Å²) >= 11 is 4.71. The van der Waals surface area contributed by atoms with Crippen LogP contribution in [0.4, 0.5) is 0 Å². The van der Waals surface area contributed by atoms with Crippen LogP contribution in [0.2, 0.25) is 0 Å². The topological polar surface area (TPSA) is 17.1 Å². The van der Waals surface area contributed by atoms with Crippen molar-refractivity contribution in [3.8, 4) is 0 Å². The van der Waals surface area contributed by atoms with Gasteiger partial charge in [-0.15, -0.1) is 0 Å². The van der Waals surface area contributed by atoms with Crippen LogP contribution in [0.3, 0.4) is 0 Å². The Morgan fingerprint density at radius 3 is 2.00 bits per heavy atom. The van der Waals surface area contributed by atoms with E-state index in [1.807, 2.05) is 0 Å². The van der Waals surface area contributed by atoms with Gasteiger partial charge in [-0.3, -0.25) is 4.79 Å². The molecule has 3 heteroatoms. The zero-order valence-corrected chi connectivity index (χ0v) is 3.33. The van der Waals surface area contributed by atoms with Gasteiger partial charge in [-0.2, -0.15) is 0 Å². The van der Waals surface area contributed by atoms with Crippen LogP contribution in [0.1, 0.15) is 0 Å². The van der Waals surface area contributed by atoms with E-state index in [4.69, 9.17) is 11.6 Å². The molecule has 0 radical (unpaired) electrons. The van der Waals surface area contributed by atoms with Crippen LogP contribution in [0.25, 0.3) is 0 Å². The quantitative estimate of drug-likeness (QED) is 0.272. The predicted octanol–water partition coefficient (Wildman–Crippen LogP) is 0.289. The summed E-state index contributed by atoms with van der Waals surface area (Å²) in [5, 5.41) is -0.509. The standard InChI is InChI=1S/C3H3ClO.Na.H/c1-2-3(4)5;;/h2H,1H2;;. The first-order chi connectivity index (χ1) is 2.27. The monoisotopic (exact) mass is 114 g/mol.